The molecule has 1 aromatic heterocycles. The molecule has 4 unspecified atom stereocenters. The second-order valence-corrected chi connectivity index (χ2v) is 10.5. The molecule has 1 saturated heterocycles. The van der Waals surface area contributed by atoms with Gasteiger partial charge in [0, 0.05) is 18.3 Å². The fourth-order valence-corrected chi connectivity index (χ4v) is 5.82. The summed E-state index contributed by atoms with van der Waals surface area (Å²) in [4.78, 5) is 28.3. The minimum Gasteiger partial charge on any atom is -0.359 e. The number of hydrogen-bond donors (Lipinski definition) is 2. The van der Waals surface area contributed by atoms with Crippen molar-refractivity contribution in [2.45, 2.75) is 75.2 Å². The van der Waals surface area contributed by atoms with Crippen LogP contribution in [0.2, 0.25) is 0 Å². The number of nitrogens with one attached hydrogen (secondary N) is 2. The minimum atomic E-state index is -5.12. The molecule has 0 spiro atoms. The topological polar surface area (TPSA) is 79.3 Å². The van der Waals surface area contributed by atoms with Crippen molar-refractivity contribution in [2.75, 3.05) is 6.54 Å². The number of hydrogen-bond acceptors (Lipinski definition) is 5. The van der Waals surface area contributed by atoms with Crippen LogP contribution in [0.5, 0.6) is 0 Å². The number of alkyl halides is 6. The number of aryl methyl sites for hydroxylation is 1. The van der Waals surface area contributed by atoms with E-state index in [0.29, 0.717) is 13.0 Å². The maximum absolute atomic E-state index is 13.5. The summed E-state index contributed by atoms with van der Waals surface area (Å²) in [6.45, 7) is -0.644. The number of Topliss-reactive ketones (excluding diaryl/α,β-unsaturated/α-hetero) is 1. The van der Waals surface area contributed by atoms with Gasteiger partial charge >= 0.3 is 12.4 Å². The molecule has 41 heavy (non-hydrogen) atoms. The summed E-state index contributed by atoms with van der Waals surface area (Å²) in [5.74, 6) is -0.937. The molecule has 220 valence electrons. The second kappa shape index (κ2) is 11.3. The molecule has 3 aliphatic rings. The first kappa shape index (κ1) is 28.9. The van der Waals surface area contributed by atoms with Gasteiger partial charge in [-0.25, -0.2) is 0 Å². The Kier molecular flexibility index (Phi) is 8.00. The summed E-state index contributed by atoms with van der Waals surface area (Å²) in [7, 11) is 0. The van der Waals surface area contributed by atoms with Gasteiger partial charge in [0.1, 0.15) is 18.3 Å². The molecule has 2 aliphatic heterocycles. The Bertz CT molecular complexity index is 1350. The Morgan fingerprint density at radius 2 is 1.83 bits per heavy atom. The normalized spacial score (nSPS) is 24.7. The van der Waals surface area contributed by atoms with Gasteiger partial charge in [0.15, 0.2) is 11.5 Å². The van der Waals surface area contributed by atoms with Gasteiger partial charge in [-0.1, -0.05) is 36.4 Å². The summed E-state index contributed by atoms with van der Waals surface area (Å²) in [6, 6.07) is 5.85. The number of carbonyl (C=O) groups is 2. The van der Waals surface area contributed by atoms with Crippen molar-refractivity contribution in [2.24, 2.45) is 0 Å². The van der Waals surface area contributed by atoms with Gasteiger partial charge in [-0.15, -0.1) is 0 Å². The Morgan fingerprint density at radius 1 is 1.05 bits per heavy atom. The third kappa shape index (κ3) is 6.34. The summed E-state index contributed by atoms with van der Waals surface area (Å²) in [5.41, 5.74) is -1.07. The number of carbonyl (C=O) groups excluding carboxylic acids is 2. The molecule has 4 atom stereocenters. The fourth-order valence-electron chi connectivity index (χ4n) is 5.82. The molecule has 5 rings (SSSR count). The lowest BCUT2D eigenvalue weighted by atomic mass is 9.87. The summed E-state index contributed by atoms with van der Waals surface area (Å²) in [6.07, 6.45) is 0.213. The van der Waals surface area contributed by atoms with Gasteiger partial charge in [-0.2, -0.15) is 31.4 Å². The van der Waals surface area contributed by atoms with Crippen molar-refractivity contribution in [3.63, 3.8) is 0 Å². The zero-order chi connectivity index (χ0) is 29.4. The number of allylic oxidation sites excluding steroid dienone is 2. The number of nitrogens with zero attached hydrogens (tertiary/aromatic N) is 3. The highest BCUT2D eigenvalue weighted by Gasteiger charge is 2.43. The molecule has 0 bridgehead atoms. The molecule has 0 saturated carbocycles. The van der Waals surface area contributed by atoms with E-state index in [1.807, 2.05) is 23.1 Å². The number of piperidine rings is 1. The summed E-state index contributed by atoms with van der Waals surface area (Å²) < 4.78 is 79.4. The van der Waals surface area contributed by atoms with E-state index in [2.05, 4.69) is 21.8 Å². The van der Waals surface area contributed by atoms with Crippen LogP contribution in [0.25, 0.3) is 0 Å². The molecular formula is C28H29F6N5O2. The number of fused-ring (bicyclic) bond motifs is 1. The van der Waals surface area contributed by atoms with E-state index in [4.69, 9.17) is 0 Å². The van der Waals surface area contributed by atoms with Crippen LogP contribution in [0.15, 0.2) is 54.8 Å². The van der Waals surface area contributed by atoms with Crippen molar-refractivity contribution >= 4 is 11.7 Å². The van der Waals surface area contributed by atoms with E-state index in [9.17, 15) is 35.9 Å². The molecule has 1 aliphatic carbocycles. The molecule has 1 amide bonds. The first-order valence-electron chi connectivity index (χ1n) is 13.4. The first-order valence-corrected chi connectivity index (χ1v) is 13.4. The van der Waals surface area contributed by atoms with E-state index in [1.165, 1.54) is 5.56 Å². The lowest BCUT2D eigenvalue weighted by Gasteiger charge is -2.41. The number of amides is 1. The predicted octanol–water partition coefficient (Wildman–Crippen LogP) is 4.56. The third-order valence-electron chi connectivity index (χ3n) is 7.79. The van der Waals surface area contributed by atoms with Gasteiger partial charge in [0.05, 0.1) is 12.1 Å². The molecule has 1 fully saturated rings. The highest BCUT2D eigenvalue weighted by molar-refractivity contribution is 5.85. The predicted molar refractivity (Wildman–Crippen MR) is 136 cm³/mol. The van der Waals surface area contributed by atoms with E-state index < -0.39 is 48.2 Å². The molecule has 2 N–H and O–H groups in total. The number of rotatable bonds is 6. The quantitative estimate of drug-likeness (QED) is 0.490. The maximum Gasteiger partial charge on any atom is 0.435 e. The number of benzene rings is 1. The monoisotopic (exact) mass is 581 g/mol. The molecule has 13 heteroatoms. The standard InChI is InChI=1S/C28H29F6N5O2/c29-27(30,31)24-15-25(28(32,33)34)39(37-24)16-23(40)21-14-18(11-12-35-21)38-13-4-3-10-22(38)26(41)36-20-9-5-7-17-6-1-2-8-19(17)20/h1-4,6,8,10,13,15,18,20-22,35H,5,7,9,11-12,14,16H2,(H,36,41). The Morgan fingerprint density at radius 3 is 2.59 bits per heavy atom. The highest BCUT2D eigenvalue weighted by Crippen LogP contribution is 2.35. The van der Waals surface area contributed by atoms with Gasteiger partial charge in [-0.3, -0.25) is 14.3 Å². The van der Waals surface area contributed by atoms with Crippen molar-refractivity contribution < 1.29 is 35.9 Å². The van der Waals surface area contributed by atoms with Crippen molar-refractivity contribution in [3.05, 3.63) is 77.3 Å². The van der Waals surface area contributed by atoms with E-state index >= 15 is 0 Å². The minimum absolute atomic E-state index is 0.0677. The molecule has 7 nitrogen and oxygen atoms in total. The van der Waals surface area contributed by atoms with E-state index in [0.717, 1.165) is 24.8 Å². The summed E-state index contributed by atoms with van der Waals surface area (Å²) in [5, 5.41) is 9.16. The largest absolute Gasteiger partial charge is 0.435 e. The average molecular weight is 582 g/mol. The number of aromatic nitrogens is 2. The first-order chi connectivity index (χ1) is 19.4. The zero-order valence-electron chi connectivity index (χ0n) is 21.9. The van der Waals surface area contributed by atoms with Gasteiger partial charge in [0.25, 0.3) is 0 Å². The Labute approximate surface area is 232 Å². The van der Waals surface area contributed by atoms with Crippen LogP contribution in [-0.2, 0) is 34.9 Å². The molecule has 3 heterocycles. The zero-order valence-corrected chi connectivity index (χ0v) is 21.9. The van der Waals surface area contributed by atoms with Gasteiger partial charge in [-0.05, 0) is 55.9 Å². The maximum atomic E-state index is 13.5. The van der Waals surface area contributed by atoms with Crippen LogP contribution >= 0.6 is 0 Å². The smallest absolute Gasteiger partial charge is 0.359 e. The van der Waals surface area contributed by atoms with Crippen molar-refractivity contribution in [1.29, 1.82) is 0 Å². The highest BCUT2D eigenvalue weighted by atomic mass is 19.4. The van der Waals surface area contributed by atoms with E-state index in [-0.39, 0.29) is 35.2 Å². The number of halogens is 6. The van der Waals surface area contributed by atoms with Gasteiger partial charge in [0.2, 0.25) is 5.91 Å². The van der Waals surface area contributed by atoms with Crippen LogP contribution < -0.4 is 10.6 Å². The summed E-state index contributed by atoms with van der Waals surface area (Å²) >= 11 is 0. The second-order valence-electron chi connectivity index (χ2n) is 10.5. The molecular weight excluding hydrogens is 552 g/mol. The van der Waals surface area contributed by atoms with Crippen molar-refractivity contribution in [1.82, 2.24) is 25.3 Å². The van der Waals surface area contributed by atoms with Crippen LogP contribution in [0.4, 0.5) is 26.3 Å². The fraction of sp³-hybridized carbons (Fsp3) is 0.464. The van der Waals surface area contributed by atoms with E-state index in [1.54, 1.807) is 24.4 Å². The third-order valence-corrected chi connectivity index (χ3v) is 7.79. The van der Waals surface area contributed by atoms with Crippen LogP contribution in [0, 0.1) is 0 Å². The SMILES string of the molecule is O=C(Cn1nc(C(F)(F)F)cc1C(F)(F)F)C1CC(N2C=CC=CC2C(=O)NC2CCCc3ccccc32)CCN1. The van der Waals surface area contributed by atoms with Crippen LogP contribution in [-0.4, -0.2) is 51.0 Å². The Balaban J connectivity index is 1.28. The van der Waals surface area contributed by atoms with Crippen LogP contribution in [0.3, 0.4) is 0 Å². The molecule has 0 radical (unpaired) electrons. The lowest BCUT2D eigenvalue weighted by Crippen LogP contribution is -2.55. The molecule has 2 aromatic rings. The number of ketones is 1. The van der Waals surface area contributed by atoms with Crippen molar-refractivity contribution in [3.8, 4) is 0 Å². The van der Waals surface area contributed by atoms with Crippen LogP contribution in [0.1, 0.15) is 54.2 Å². The average Bonchev–Trinajstić information content (AvgIpc) is 3.39. The molecule has 1 aromatic carbocycles. The Hall–Kier alpha value is -3.61. The van der Waals surface area contributed by atoms with Gasteiger partial charge < -0.3 is 15.5 Å². The lowest BCUT2D eigenvalue weighted by molar-refractivity contribution is -0.145.